The number of nitrogens with two attached hydrogens (primary N) is 5. The number of halogens is 10. The fourth-order valence-corrected chi connectivity index (χ4v) is 23.5. The molecule has 27 nitrogen and oxygen atoms in total. The van der Waals surface area contributed by atoms with E-state index in [1.54, 1.807) is 11.8 Å². The van der Waals surface area contributed by atoms with Crippen LogP contribution in [0.5, 0.6) is 0 Å². The lowest BCUT2D eigenvalue weighted by molar-refractivity contribution is -0.133. The van der Waals surface area contributed by atoms with Gasteiger partial charge < -0.3 is 86.3 Å². The number of benzene rings is 5. The molecule has 5 aromatic carbocycles. The van der Waals surface area contributed by atoms with Crippen LogP contribution in [-0.2, 0) is 47.5 Å². The molecule has 0 aromatic heterocycles. The number of methoxy groups -OCH3 is 1. The van der Waals surface area contributed by atoms with Gasteiger partial charge in [-0.25, -0.2) is 53.5 Å². The van der Waals surface area contributed by atoms with Crippen molar-refractivity contribution in [2.45, 2.75) is 206 Å². The Kier molecular flexibility index (Phi) is 28.4. The largest absolute Gasteiger partial charge is 0.453 e. The van der Waals surface area contributed by atoms with Crippen LogP contribution in [0.1, 0.15) is 137 Å². The topological polar surface area (TPSA) is 312 Å². The fraction of sp³-hybridized carbons (Fsp3) is 0.635. The van der Waals surface area contributed by atoms with Crippen molar-refractivity contribution in [2.24, 2.45) is 70.1 Å². The first-order valence-electron chi connectivity index (χ1n) is 47.3. The highest BCUT2D eigenvalue weighted by Gasteiger charge is 2.58. The van der Waals surface area contributed by atoms with Gasteiger partial charge >= 0.3 is 12.2 Å². The molecule has 0 spiro atoms. The van der Waals surface area contributed by atoms with Gasteiger partial charge in [-0.2, -0.15) is 0 Å². The maximum Gasteiger partial charge on any atom is 0.410 e. The zero-order valence-corrected chi connectivity index (χ0v) is 75.4. The molecule has 10 N–H and O–H groups in total. The number of amides is 5. The Morgan fingerprint density at radius 1 is 0.338 bits per heavy atom. The summed E-state index contributed by atoms with van der Waals surface area (Å²) in [5.41, 5.74) is 32.3. The molecule has 10 unspecified atom stereocenters. The highest BCUT2D eigenvalue weighted by atomic mass is 19.2. The molecule has 17 fully saturated rings. The number of hydrogen-bond donors (Lipinski definition) is 5. The van der Waals surface area contributed by atoms with Crippen LogP contribution in [0.3, 0.4) is 0 Å². The molecule has 15 saturated heterocycles. The van der Waals surface area contributed by atoms with Crippen molar-refractivity contribution in [1.29, 1.82) is 0 Å². The van der Waals surface area contributed by atoms with Gasteiger partial charge in [-0.15, -0.1) is 0 Å². The predicted molar refractivity (Wildman–Crippen MR) is 465 cm³/mol. The summed E-state index contributed by atoms with van der Waals surface area (Å²) in [6.07, 6.45) is 3.81. The van der Waals surface area contributed by atoms with Crippen LogP contribution in [0, 0.1) is 99.6 Å². The molecule has 133 heavy (non-hydrogen) atoms. The molecule has 15 heterocycles. The highest BCUT2D eigenvalue weighted by molar-refractivity contribution is 5.81. The SMILES string of the molecule is CC(=O)N1CC2CN([C@H]3CO[C@H](c4cc(F)ccc4F)[C@@H](N)C3)C2C1.CC(C)C(=O)N1CC2CN([C@H]3CO[C@H](c4cc(F)ccc4F)[C@@H](N)C3)C2C1.COC(=O)N1CC2CN([C@H]3CO[C@H](c4cc(F)ccc4F)[C@@H](N)C3)C2C1.N[C@H]1C[C@@H](N2CC3CN(C(=O)C4CC4)CC32)CO[C@@H]1c1cc(F)ccc1F.N[C@H]1C[C@@H](N2CC3CN(C(=O)OC4CC4)CC32)CO[C@@H]1c1cc(F)ccc1F. The molecule has 22 rings (SSSR count). The Labute approximate surface area is 767 Å². The van der Waals surface area contributed by atoms with Crippen LogP contribution in [0.15, 0.2) is 91.0 Å². The first-order chi connectivity index (χ1) is 63.8. The molecule has 15 aliphatic heterocycles. The second-order valence-corrected chi connectivity index (χ2v) is 40.2. The Morgan fingerprint density at radius 2 is 0.594 bits per heavy atom. The van der Waals surface area contributed by atoms with E-state index < -0.39 is 107 Å². The highest BCUT2D eigenvalue weighted by Crippen LogP contribution is 2.47. The molecule has 2 saturated carbocycles. The van der Waals surface area contributed by atoms with E-state index in [4.69, 9.17) is 61.8 Å². The van der Waals surface area contributed by atoms with Gasteiger partial charge in [-0.1, -0.05) is 13.8 Å². The lowest BCUT2D eigenvalue weighted by atomic mass is 9.86. The molecule has 0 radical (unpaired) electrons. The van der Waals surface area contributed by atoms with Gasteiger partial charge in [0.05, 0.1) is 40.1 Å². The molecule has 5 aromatic rings. The standard InChI is InChI=1S/C20H25F2N3O3.C20H25F2N3O2.C20H27F2N3O2.C18H23F2N3O3.C18H23F2N3O2/c21-12-1-4-16(22)15(5-12)19-17(23)6-13(10-27-19)25-8-11-7-24(9-18(11)25)20(26)28-14-2-3-14;21-13-3-4-16(22)15(5-13)19-17(23)6-14(10-27-19)25-8-12-7-24(9-18(12)25)20(26)11-1-2-11;1-11(2)20(26)24-7-12-8-25(18(12)9-24)14-6-17(23)19(27-10-14)15-5-13(21)3-4-16(15)22;1-25-18(24)22-6-10-7-23(16(10)8-22)12-5-15(21)17(26-9-12)13-4-11(19)2-3-14(13)20;1-10(24)22-6-11-7-23(17(11)8-22)13-5-16(21)18(25-9-13)14-4-12(19)2-3-15(14)20/h1,4-5,11,13-14,17-19H,2-3,6-10,23H2;3-5,11-12,14,17-19H,1-2,6-10,23H2;3-5,11-12,14,17-19H,6-10,23H2,1-2H3;2-4,10,12,15-17H,5-9,21H2,1H3;2-4,11,13,16-18H,5-9,21H2,1H3/t11?,13-,17+,18?,19-;2*12?,14-,17+,18?,19-;10?,12-,15+,16?,17-;11?,13-,16+,17?,18-/m11111/s1. The summed E-state index contributed by atoms with van der Waals surface area (Å²) in [5, 5.41) is 0. The molecule has 37 heteroatoms. The van der Waals surface area contributed by atoms with E-state index >= 15 is 0 Å². The lowest BCUT2D eigenvalue weighted by Gasteiger charge is -2.50. The summed E-state index contributed by atoms with van der Waals surface area (Å²) in [6.45, 7) is 19.9. The zero-order valence-electron chi connectivity index (χ0n) is 75.4. The van der Waals surface area contributed by atoms with Crippen molar-refractivity contribution in [1.82, 2.24) is 49.0 Å². The predicted octanol–water partition coefficient (Wildman–Crippen LogP) is 8.42. The minimum atomic E-state index is -0.644. The third kappa shape index (κ3) is 20.1. The third-order valence-corrected chi connectivity index (χ3v) is 31.0. The average Bonchev–Trinajstić information content (AvgIpc) is 1.66. The number of hydrogen-bond acceptors (Lipinski definition) is 22. The number of rotatable bonds is 13. The molecular weight excluding hydrogens is 1750 g/mol. The van der Waals surface area contributed by atoms with Gasteiger partial charge in [0.1, 0.15) is 94.8 Å². The molecule has 724 valence electrons. The molecule has 25 atom stereocenters. The number of carbonyl (C=O) groups excluding carboxylic acids is 5. The maximum atomic E-state index is 14.1. The number of nitrogens with zero attached hydrogens (tertiary/aromatic N) is 10. The monoisotopic (exact) mass is 1870 g/mol. The van der Waals surface area contributed by atoms with Gasteiger partial charge in [0, 0.05) is 265 Å². The van der Waals surface area contributed by atoms with Crippen LogP contribution in [0.25, 0.3) is 0 Å². The van der Waals surface area contributed by atoms with Crippen molar-refractivity contribution >= 4 is 29.9 Å². The number of carbonyl (C=O) groups is 5. The number of likely N-dealkylation sites (tertiary alicyclic amines) is 10. The molecule has 0 bridgehead atoms. The number of fused-ring (bicyclic) bond motifs is 5. The van der Waals surface area contributed by atoms with E-state index in [0.717, 1.165) is 171 Å². The molecule has 2 aliphatic carbocycles. The van der Waals surface area contributed by atoms with Gasteiger partial charge in [-0.05, 0) is 149 Å². The summed E-state index contributed by atoms with van der Waals surface area (Å²) in [4.78, 5) is 81.2. The van der Waals surface area contributed by atoms with Gasteiger partial charge in [0.25, 0.3) is 0 Å². The molecular formula is C96H123F10N15O12. The summed E-state index contributed by atoms with van der Waals surface area (Å²) in [5.74, 6) is -1.49. The van der Waals surface area contributed by atoms with Crippen LogP contribution in [-0.4, -0.2) is 314 Å². The van der Waals surface area contributed by atoms with E-state index in [0.29, 0.717) is 144 Å². The first kappa shape index (κ1) is 95.1. The van der Waals surface area contributed by atoms with Gasteiger partial charge in [-0.3, -0.25) is 38.9 Å². The zero-order chi connectivity index (χ0) is 93.5. The first-order valence-corrected chi connectivity index (χ1v) is 47.3. The molecule has 5 amide bonds. The van der Waals surface area contributed by atoms with E-state index in [2.05, 4.69) is 24.5 Å². The molecule has 17 aliphatic rings. The van der Waals surface area contributed by atoms with Crippen LogP contribution >= 0.6 is 0 Å². The Bertz CT molecular complexity index is 4950. The summed E-state index contributed by atoms with van der Waals surface area (Å²) in [7, 11) is 1.39. The van der Waals surface area contributed by atoms with Gasteiger partial charge in [0.2, 0.25) is 17.7 Å². The van der Waals surface area contributed by atoms with Crippen LogP contribution in [0.2, 0.25) is 0 Å². The average molecular weight is 1870 g/mol. The second-order valence-electron chi connectivity index (χ2n) is 40.2. The van der Waals surface area contributed by atoms with Crippen molar-refractivity contribution in [2.75, 3.05) is 138 Å². The van der Waals surface area contributed by atoms with Gasteiger partial charge in [0.15, 0.2) is 0 Å². The van der Waals surface area contributed by atoms with E-state index in [1.165, 1.54) is 31.4 Å². The fourth-order valence-electron chi connectivity index (χ4n) is 23.5. The van der Waals surface area contributed by atoms with Crippen molar-refractivity contribution in [3.63, 3.8) is 0 Å². The second kappa shape index (κ2) is 39.7. The lowest BCUT2D eigenvalue weighted by Crippen LogP contribution is -2.63. The minimum Gasteiger partial charge on any atom is -0.453 e. The Hall–Kier alpha value is -8.25. The third-order valence-electron chi connectivity index (χ3n) is 31.0. The minimum absolute atomic E-state index is 0.0179. The quantitative estimate of drug-likeness (QED) is 0.0691. The van der Waals surface area contributed by atoms with E-state index in [1.807, 2.05) is 33.4 Å². The summed E-state index contributed by atoms with van der Waals surface area (Å²) < 4.78 is 177. The van der Waals surface area contributed by atoms with Crippen molar-refractivity contribution in [3.8, 4) is 0 Å². The van der Waals surface area contributed by atoms with E-state index in [-0.39, 0.29) is 118 Å². The normalized spacial score (nSPS) is 35.1. The Balaban J connectivity index is 0.000000111. The number of ether oxygens (including phenoxy) is 7. The van der Waals surface area contributed by atoms with Crippen molar-refractivity contribution < 1.29 is 101 Å². The summed E-state index contributed by atoms with van der Waals surface area (Å²) >= 11 is 0. The maximum absolute atomic E-state index is 14.1. The van der Waals surface area contributed by atoms with Crippen LogP contribution < -0.4 is 28.7 Å². The smallest absolute Gasteiger partial charge is 0.410 e. The Morgan fingerprint density at radius 3 is 0.857 bits per heavy atom. The van der Waals surface area contributed by atoms with Crippen LogP contribution in [0.4, 0.5) is 53.5 Å². The summed E-state index contributed by atoms with van der Waals surface area (Å²) in [6, 6.07) is 17.3. The van der Waals surface area contributed by atoms with Crippen molar-refractivity contribution in [3.05, 3.63) is 177 Å². The van der Waals surface area contributed by atoms with E-state index in [9.17, 15) is 67.9 Å².